The van der Waals surface area contributed by atoms with Crippen LogP contribution in [0, 0.1) is 0 Å². The zero-order chi connectivity index (χ0) is 16.0. The maximum atomic E-state index is 10.7. The van der Waals surface area contributed by atoms with E-state index < -0.39 is 48.0 Å². The summed E-state index contributed by atoms with van der Waals surface area (Å²) >= 11 is 0. The van der Waals surface area contributed by atoms with Crippen LogP contribution in [0.2, 0.25) is 0 Å². The zero-order valence-corrected chi connectivity index (χ0v) is 10.7. The first-order valence-corrected chi connectivity index (χ1v) is 5.51. The van der Waals surface area contributed by atoms with Crippen LogP contribution in [0.5, 0.6) is 0 Å². The summed E-state index contributed by atoms with van der Waals surface area (Å²) in [6.07, 6.45) is 0. The topological polar surface area (TPSA) is 173 Å². The first kappa shape index (κ1) is 17.8. The van der Waals surface area contributed by atoms with Crippen molar-refractivity contribution in [2.75, 3.05) is 0 Å². The van der Waals surface area contributed by atoms with Crippen molar-refractivity contribution < 1.29 is 39.6 Å². The molecule has 0 amide bonds. The van der Waals surface area contributed by atoms with E-state index in [1.54, 1.807) is 0 Å². The molecule has 0 aromatic heterocycles. The van der Waals surface area contributed by atoms with Gasteiger partial charge < -0.3 is 20.4 Å². The average Bonchev–Trinajstić information content (AvgIpc) is 2.30. The van der Waals surface area contributed by atoms with E-state index in [-0.39, 0.29) is 0 Å². The van der Waals surface area contributed by atoms with Gasteiger partial charge in [0.1, 0.15) is 0 Å². The van der Waals surface area contributed by atoms with Crippen LogP contribution in [-0.2, 0) is 19.2 Å². The molecule has 0 saturated carbocycles. The van der Waals surface area contributed by atoms with E-state index in [0.29, 0.717) is 0 Å². The molecule has 2 unspecified atom stereocenters. The van der Waals surface area contributed by atoms with Crippen molar-refractivity contribution >= 4 is 23.9 Å². The number of hydrogen-bond donors (Lipinski definition) is 6. The molecule has 0 fully saturated rings. The van der Waals surface area contributed by atoms with E-state index >= 15 is 0 Å². The van der Waals surface area contributed by atoms with Crippen LogP contribution in [0.3, 0.4) is 0 Å². The molecule has 0 aliphatic heterocycles. The summed E-state index contributed by atoms with van der Waals surface area (Å²) in [6, 6.07) is -5.34. The Balaban J connectivity index is 4.73. The fourth-order valence-corrected chi connectivity index (χ4v) is 1.31. The number of nitrogens with one attached hydrogen (secondary N) is 2. The highest BCUT2D eigenvalue weighted by Gasteiger charge is 2.32. The van der Waals surface area contributed by atoms with E-state index in [9.17, 15) is 19.2 Å². The highest BCUT2D eigenvalue weighted by Crippen LogP contribution is 1.98. The van der Waals surface area contributed by atoms with Crippen molar-refractivity contribution in [2.45, 2.75) is 38.0 Å². The van der Waals surface area contributed by atoms with Crippen LogP contribution in [0.25, 0.3) is 0 Å². The molecule has 20 heavy (non-hydrogen) atoms. The Morgan fingerprint density at radius 3 is 1.00 bits per heavy atom. The molecular weight excluding hydrogens is 276 g/mol. The Hall–Kier alpha value is -2.20. The van der Waals surface area contributed by atoms with Crippen molar-refractivity contribution in [2.24, 2.45) is 0 Å². The van der Waals surface area contributed by atoms with Gasteiger partial charge in [-0.15, -0.1) is 0 Å². The van der Waals surface area contributed by atoms with Crippen LogP contribution < -0.4 is 10.6 Å². The molecule has 0 aromatic carbocycles. The number of carboxylic acids is 4. The largest absolute Gasteiger partial charge is 0.480 e. The number of aliphatic carboxylic acids is 4. The monoisotopic (exact) mass is 292 g/mol. The van der Waals surface area contributed by atoms with Gasteiger partial charge in [0.25, 0.3) is 0 Å². The molecule has 0 aliphatic rings. The van der Waals surface area contributed by atoms with Gasteiger partial charge in [0.05, 0.1) is 0 Å². The van der Waals surface area contributed by atoms with Gasteiger partial charge in [-0.05, 0) is 13.8 Å². The van der Waals surface area contributed by atoms with Gasteiger partial charge in [-0.1, -0.05) is 0 Å². The lowest BCUT2D eigenvalue weighted by Gasteiger charge is -2.25. The SMILES string of the molecule is CC(NC(C(=O)O)C(=O)O)C(C)NC(C(=O)O)C(=O)O. The van der Waals surface area contributed by atoms with Crippen LogP contribution in [0.4, 0.5) is 0 Å². The molecule has 0 spiro atoms. The average molecular weight is 292 g/mol. The van der Waals surface area contributed by atoms with E-state index in [4.69, 9.17) is 20.4 Å². The van der Waals surface area contributed by atoms with Gasteiger partial charge in [-0.3, -0.25) is 10.6 Å². The summed E-state index contributed by atoms with van der Waals surface area (Å²) in [4.78, 5) is 42.7. The van der Waals surface area contributed by atoms with E-state index in [0.717, 1.165) is 0 Å². The third kappa shape index (κ3) is 5.20. The maximum absolute atomic E-state index is 10.7. The summed E-state index contributed by atoms with van der Waals surface area (Å²) in [5.41, 5.74) is 0. The van der Waals surface area contributed by atoms with Gasteiger partial charge in [0, 0.05) is 12.1 Å². The lowest BCUT2D eigenvalue weighted by Crippen LogP contribution is -2.57. The smallest absolute Gasteiger partial charge is 0.332 e. The first-order valence-electron chi connectivity index (χ1n) is 5.51. The number of hydrogen-bond acceptors (Lipinski definition) is 6. The van der Waals surface area contributed by atoms with Gasteiger partial charge >= 0.3 is 23.9 Å². The molecule has 0 radical (unpaired) electrons. The fraction of sp³-hybridized carbons (Fsp3) is 0.600. The third-order valence-electron chi connectivity index (χ3n) is 2.60. The predicted octanol–water partition coefficient (Wildman–Crippen LogP) is -1.98. The minimum absolute atomic E-state index is 0.798. The Labute approximate surface area is 113 Å². The highest BCUT2D eigenvalue weighted by atomic mass is 16.4. The number of rotatable bonds is 9. The van der Waals surface area contributed by atoms with Crippen LogP contribution in [0.1, 0.15) is 13.8 Å². The van der Waals surface area contributed by atoms with Crippen LogP contribution >= 0.6 is 0 Å². The summed E-state index contributed by atoms with van der Waals surface area (Å²) in [6.45, 7) is 2.80. The van der Waals surface area contributed by atoms with Gasteiger partial charge in [-0.25, -0.2) is 19.2 Å². The quantitative estimate of drug-likeness (QED) is 0.261. The normalized spacial score (nSPS) is 14.0. The molecule has 114 valence electrons. The lowest BCUT2D eigenvalue weighted by atomic mass is 10.1. The van der Waals surface area contributed by atoms with Gasteiger partial charge in [0.2, 0.25) is 12.1 Å². The predicted molar refractivity (Wildman–Crippen MR) is 63.3 cm³/mol. The second-order valence-corrected chi connectivity index (χ2v) is 4.13. The molecule has 0 saturated heterocycles. The van der Waals surface area contributed by atoms with Crippen LogP contribution in [-0.4, -0.2) is 68.5 Å². The minimum Gasteiger partial charge on any atom is -0.480 e. The van der Waals surface area contributed by atoms with Crippen LogP contribution in [0.15, 0.2) is 0 Å². The standard InChI is InChI=1S/C10H16N2O8/c1-3(11-5(7(13)14)8(15)16)4(2)12-6(9(17)18)10(19)20/h3-6,11-12H,1-2H3,(H,13,14)(H,15,16)(H,17,18)(H,19,20). The minimum atomic E-state index is -1.87. The first-order chi connectivity index (χ1) is 9.07. The summed E-state index contributed by atoms with van der Waals surface area (Å²) < 4.78 is 0. The number of carboxylic acid groups (broad SMARTS) is 4. The summed E-state index contributed by atoms with van der Waals surface area (Å²) in [5.74, 6) is -6.43. The van der Waals surface area contributed by atoms with Crippen molar-refractivity contribution in [1.29, 1.82) is 0 Å². The van der Waals surface area contributed by atoms with Crippen molar-refractivity contribution in [1.82, 2.24) is 10.6 Å². The molecule has 0 aromatic rings. The molecule has 0 aliphatic carbocycles. The Morgan fingerprint density at radius 1 is 0.650 bits per heavy atom. The molecule has 0 rings (SSSR count). The van der Waals surface area contributed by atoms with Crippen molar-refractivity contribution in [3.63, 3.8) is 0 Å². The second kappa shape index (κ2) is 7.40. The van der Waals surface area contributed by atoms with Crippen molar-refractivity contribution in [3.8, 4) is 0 Å². The molecular formula is C10H16N2O8. The molecule has 10 nitrogen and oxygen atoms in total. The zero-order valence-electron chi connectivity index (χ0n) is 10.7. The molecule has 10 heteroatoms. The Bertz CT molecular complexity index is 344. The van der Waals surface area contributed by atoms with Gasteiger partial charge in [-0.2, -0.15) is 0 Å². The van der Waals surface area contributed by atoms with E-state index in [1.165, 1.54) is 13.8 Å². The fourth-order valence-electron chi connectivity index (χ4n) is 1.31. The second-order valence-electron chi connectivity index (χ2n) is 4.13. The molecule has 0 heterocycles. The molecule has 6 N–H and O–H groups in total. The third-order valence-corrected chi connectivity index (χ3v) is 2.60. The molecule has 0 bridgehead atoms. The van der Waals surface area contributed by atoms with E-state index in [2.05, 4.69) is 10.6 Å². The molecule has 2 atom stereocenters. The highest BCUT2D eigenvalue weighted by molar-refractivity contribution is 5.97. The maximum Gasteiger partial charge on any atom is 0.332 e. The number of carbonyl (C=O) groups is 4. The Morgan fingerprint density at radius 2 is 0.850 bits per heavy atom. The lowest BCUT2D eigenvalue weighted by molar-refractivity contribution is -0.154. The summed E-state index contributed by atoms with van der Waals surface area (Å²) in [5, 5.41) is 39.2. The van der Waals surface area contributed by atoms with E-state index in [1.807, 2.05) is 0 Å². The van der Waals surface area contributed by atoms with Crippen molar-refractivity contribution in [3.05, 3.63) is 0 Å². The summed E-state index contributed by atoms with van der Waals surface area (Å²) in [7, 11) is 0. The Kier molecular flexibility index (Phi) is 6.59. The van der Waals surface area contributed by atoms with Gasteiger partial charge in [0.15, 0.2) is 0 Å².